The molecule has 11 nitrogen and oxygen atoms in total. The Hall–Kier alpha value is -4.40. The van der Waals surface area contributed by atoms with Crippen LogP contribution >= 0.6 is 0 Å². The molecule has 4 heterocycles. The van der Waals surface area contributed by atoms with Crippen LogP contribution in [0.1, 0.15) is 28.9 Å². The third-order valence-electron chi connectivity index (χ3n) is 8.46. The number of nitrogens with zero attached hydrogens (tertiary/aromatic N) is 6. The summed E-state index contributed by atoms with van der Waals surface area (Å²) in [7, 11) is 4.13. The number of benzene rings is 2. The summed E-state index contributed by atoms with van der Waals surface area (Å²) >= 11 is 0. The molecule has 0 radical (unpaired) electrons. The molecular weight excluding hydrogens is 601 g/mol. The molecule has 2 aliphatic heterocycles. The van der Waals surface area contributed by atoms with E-state index in [4.69, 9.17) is 4.74 Å². The molecule has 1 atom stereocenters. The fourth-order valence-corrected chi connectivity index (χ4v) is 5.87. The summed E-state index contributed by atoms with van der Waals surface area (Å²) < 4.78 is 47.7. The lowest BCUT2D eigenvalue weighted by Crippen LogP contribution is -2.44. The number of anilines is 3. The lowest BCUT2D eigenvalue weighted by atomic mass is 10.0. The van der Waals surface area contributed by atoms with Crippen molar-refractivity contribution >= 4 is 28.6 Å². The molecule has 0 saturated carbocycles. The number of hydrogen-bond acceptors (Lipinski definition) is 9. The topological polar surface area (TPSA) is 110 Å². The maximum atomic E-state index is 13.8. The van der Waals surface area contributed by atoms with E-state index < -0.39 is 18.2 Å². The second kappa shape index (κ2) is 13.1. The summed E-state index contributed by atoms with van der Waals surface area (Å²) in [5.41, 5.74) is 1.67. The Bertz CT molecular complexity index is 1650. The molecule has 0 aliphatic carbocycles. The van der Waals surface area contributed by atoms with Gasteiger partial charge in [0.25, 0.3) is 5.91 Å². The van der Waals surface area contributed by atoms with E-state index in [9.17, 15) is 23.1 Å². The molecular formula is C32H37F3N8O3. The molecule has 46 heavy (non-hydrogen) atoms. The van der Waals surface area contributed by atoms with Crippen molar-refractivity contribution in [1.82, 2.24) is 24.4 Å². The van der Waals surface area contributed by atoms with E-state index in [1.54, 1.807) is 48.5 Å². The van der Waals surface area contributed by atoms with Gasteiger partial charge in [-0.1, -0.05) is 0 Å². The Kier molecular flexibility index (Phi) is 9.02. The smallest absolute Gasteiger partial charge is 0.378 e. The molecule has 244 valence electrons. The number of carbonyl (C=O) groups is 1. The Morgan fingerprint density at radius 1 is 0.935 bits per heavy atom. The highest BCUT2D eigenvalue weighted by Crippen LogP contribution is 2.34. The van der Waals surface area contributed by atoms with E-state index in [1.165, 1.54) is 6.07 Å². The summed E-state index contributed by atoms with van der Waals surface area (Å²) in [6.45, 7) is 3.35. The fraction of sp³-hybridized carbons (Fsp3) is 0.406. The minimum Gasteiger partial charge on any atom is -0.378 e. The number of nitrogens with one attached hydrogen (secondary N) is 2. The SMILES string of the molecule is CN(C)C1CCN(C(=O)c2ccc(NC(O)Nc3ccc(-c4nc(N5CCOCC5)c5ccc(C(F)(F)F)n5n4)cc3)cc2)CC1. The number of amides is 1. The molecule has 0 bridgehead atoms. The van der Waals surface area contributed by atoms with Gasteiger partial charge in [-0.25, -0.2) is 9.50 Å². The number of rotatable bonds is 8. The van der Waals surface area contributed by atoms with Crippen LogP contribution in [0.3, 0.4) is 0 Å². The standard InChI is InChI=1S/C32H37F3N8O3/c1-40(2)25-13-15-42(16-14-25)30(44)22-5-9-24(10-6-22)37-31(45)36-23-7-3-21(4-8-23)28-38-29(41-17-19-46-20-18-41)26-11-12-27(32(33,34)35)43(26)39-28/h3-12,25,31,36-37,45H,13-20H2,1-2H3. The van der Waals surface area contributed by atoms with Gasteiger partial charge in [0, 0.05) is 54.7 Å². The Morgan fingerprint density at radius 3 is 2.13 bits per heavy atom. The van der Waals surface area contributed by atoms with Crippen LogP contribution in [0, 0.1) is 0 Å². The monoisotopic (exact) mass is 638 g/mol. The van der Waals surface area contributed by atoms with Crippen LogP contribution in [0.15, 0.2) is 60.7 Å². The first kappa shape index (κ1) is 31.6. The maximum Gasteiger partial charge on any atom is 0.433 e. The van der Waals surface area contributed by atoms with Gasteiger partial charge in [0.15, 0.2) is 11.6 Å². The van der Waals surface area contributed by atoms with E-state index in [-0.39, 0.29) is 17.2 Å². The second-order valence-corrected chi connectivity index (χ2v) is 11.7. The zero-order chi connectivity index (χ0) is 32.4. The number of aliphatic hydroxyl groups excluding tert-OH is 1. The van der Waals surface area contributed by atoms with Gasteiger partial charge in [-0.3, -0.25) is 4.79 Å². The summed E-state index contributed by atoms with van der Waals surface area (Å²) in [5, 5.41) is 20.8. The third kappa shape index (κ3) is 6.88. The number of ether oxygens (including phenoxy) is 1. The maximum absolute atomic E-state index is 13.8. The molecule has 0 spiro atoms. The van der Waals surface area contributed by atoms with Crippen molar-refractivity contribution in [2.24, 2.45) is 0 Å². The minimum absolute atomic E-state index is 0.00544. The molecule has 14 heteroatoms. The molecule has 2 aromatic carbocycles. The summed E-state index contributed by atoms with van der Waals surface area (Å²) in [6, 6.07) is 16.6. The van der Waals surface area contributed by atoms with Crippen molar-refractivity contribution in [3.05, 3.63) is 71.9 Å². The first-order valence-electron chi connectivity index (χ1n) is 15.2. The normalized spacial score (nSPS) is 17.0. The van der Waals surface area contributed by atoms with Gasteiger partial charge < -0.3 is 35.2 Å². The largest absolute Gasteiger partial charge is 0.433 e. The minimum atomic E-state index is -4.59. The molecule has 2 saturated heterocycles. The molecule has 4 aromatic rings. The summed E-state index contributed by atoms with van der Waals surface area (Å²) in [4.78, 5) is 23.6. The summed E-state index contributed by atoms with van der Waals surface area (Å²) in [6.07, 6.45) is -3.86. The van der Waals surface area contributed by atoms with Crippen molar-refractivity contribution in [3.63, 3.8) is 0 Å². The highest BCUT2D eigenvalue weighted by Gasteiger charge is 2.35. The number of alkyl halides is 3. The first-order valence-corrected chi connectivity index (χ1v) is 15.2. The number of aromatic nitrogens is 3. The number of halogens is 3. The third-order valence-corrected chi connectivity index (χ3v) is 8.46. The van der Waals surface area contributed by atoms with Gasteiger partial charge in [0.2, 0.25) is 6.35 Å². The van der Waals surface area contributed by atoms with Crippen LogP contribution in [0.5, 0.6) is 0 Å². The van der Waals surface area contributed by atoms with E-state index in [0.717, 1.165) is 36.5 Å². The Balaban J connectivity index is 1.11. The molecule has 6 rings (SSSR count). The molecule has 3 N–H and O–H groups in total. The van der Waals surface area contributed by atoms with Crippen molar-refractivity contribution in [2.75, 3.05) is 69.0 Å². The zero-order valence-electron chi connectivity index (χ0n) is 25.7. The molecule has 1 amide bonds. The van der Waals surface area contributed by atoms with Gasteiger partial charge in [-0.05, 0) is 87.6 Å². The van der Waals surface area contributed by atoms with Gasteiger partial charge in [-0.15, -0.1) is 5.10 Å². The number of piperidine rings is 1. The molecule has 2 fully saturated rings. The van der Waals surface area contributed by atoms with Gasteiger partial charge in [0.1, 0.15) is 11.2 Å². The number of fused-ring (bicyclic) bond motifs is 1. The highest BCUT2D eigenvalue weighted by molar-refractivity contribution is 5.94. The van der Waals surface area contributed by atoms with Crippen molar-refractivity contribution in [3.8, 4) is 11.4 Å². The van der Waals surface area contributed by atoms with E-state index in [1.807, 2.05) is 9.80 Å². The lowest BCUT2D eigenvalue weighted by molar-refractivity contribution is -0.142. The van der Waals surface area contributed by atoms with Gasteiger partial charge in [0.05, 0.1) is 13.2 Å². The zero-order valence-corrected chi connectivity index (χ0v) is 25.7. The first-order chi connectivity index (χ1) is 22.1. The average Bonchev–Trinajstić information content (AvgIpc) is 3.50. The quantitative estimate of drug-likeness (QED) is 0.245. The Morgan fingerprint density at radius 2 is 1.54 bits per heavy atom. The van der Waals surface area contributed by atoms with Crippen molar-refractivity contribution in [1.29, 1.82) is 0 Å². The average molecular weight is 639 g/mol. The van der Waals surface area contributed by atoms with E-state index >= 15 is 0 Å². The number of morpholine rings is 1. The predicted molar refractivity (Wildman–Crippen MR) is 169 cm³/mol. The number of likely N-dealkylation sites (tertiary alicyclic amines) is 1. The van der Waals surface area contributed by atoms with Crippen LogP contribution in [-0.2, 0) is 10.9 Å². The van der Waals surface area contributed by atoms with E-state index in [0.29, 0.717) is 60.7 Å². The number of hydrogen-bond donors (Lipinski definition) is 3. The predicted octanol–water partition coefficient (Wildman–Crippen LogP) is 4.22. The Labute approximate surface area is 264 Å². The van der Waals surface area contributed by atoms with Crippen molar-refractivity contribution < 1.29 is 27.8 Å². The van der Waals surface area contributed by atoms with Gasteiger partial charge >= 0.3 is 6.18 Å². The number of carbonyl (C=O) groups excluding carboxylic acids is 1. The lowest BCUT2D eigenvalue weighted by Gasteiger charge is -2.35. The second-order valence-electron chi connectivity index (χ2n) is 11.7. The molecule has 2 aromatic heterocycles. The van der Waals surface area contributed by atoms with E-state index in [2.05, 4.69) is 39.7 Å². The summed E-state index contributed by atoms with van der Waals surface area (Å²) in [5.74, 6) is 0.541. The number of aliphatic hydroxyl groups is 1. The van der Waals surface area contributed by atoms with Crippen LogP contribution < -0.4 is 15.5 Å². The van der Waals surface area contributed by atoms with Crippen LogP contribution in [0.25, 0.3) is 16.9 Å². The molecule has 1 unspecified atom stereocenters. The van der Waals surface area contributed by atoms with Crippen LogP contribution in [0.2, 0.25) is 0 Å². The van der Waals surface area contributed by atoms with Gasteiger partial charge in [-0.2, -0.15) is 13.2 Å². The molecule has 2 aliphatic rings. The van der Waals surface area contributed by atoms with Crippen LogP contribution in [-0.4, -0.2) is 101 Å². The fourth-order valence-electron chi connectivity index (χ4n) is 5.87. The highest BCUT2D eigenvalue weighted by atomic mass is 19.4. The van der Waals surface area contributed by atoms with Crippen molar-refractivity contribution in [2.45, 2.75) is 31.4 Å². The van der Waals surface area contributed by atoms with Crippen LogP contribution in [0.4, 0.5) is 30.4 Å².